The number of fused-ring (bicyclic) bond motifs is 1. The van der Waals surface area contributed by atoms with Crippen molar-refractivity contribution >= 4 is 8.32 Å². The van der Waals surface area contributed by atoms with Gasteiger partial charge in [0.1, 0.15) is 5.60 Å². The van der Waals surface area contributed by atoms with Gasteiger partial charge in [-0.2, -0.15) is 0 Å². The quantitative estimate of drug-likeness (QED) is 0.611. The van der Waals surface area contributed by atoms with Gasteiger partial charge in [0.05, 0.1) is 18.3 Å². The number of rotatable bonds is 2. The maximum Gasteiger partial charge on any atom is 0.192 e. The Hall–Kier alpha value is 0.0969. The van der Waals surface area contributed by atoms with Crippen LogP contribution in [0.2, 0.25) is 18.1 Å². The molecule has 2 fully saturated rings. The average molecular weight is 258 g/mol. The van der Waals surface area contributed by atoms with E-state index in [-0.39, 0.29) is 29.0 Å². The fraction of sp³-hybridized carbons (Fsp3) is 1.00. The first-order valence-corrected chi connectivity index (χ1v) is 9.51. The minimum atomic E-state index is -1.72. The second-order valence-electron chi connectivity index (χ2n) is 7.28. The molecule has 3 nitrogen and oxygen atoms in total. The highest BCUT2D eigenvalue weighted by atomic mass is 28.4. The topological polar surface area (TPSA) is 42.0 Å². The lowest BCUT2D eigenvalue weighted by molar-refractivity contribution is 0.0279. The maximum atomic E-state index is 10.1. The standard InChI is InChI=1S/C13H26O3Si/c1-12(2,3)17(5,6)16-9-7-10(14)13(4)11(8-9)15-13/h9-11,14H,7-8H2,1-6H3/t9-,10?,11+,13-/m1/s1. The van der Waals surface area contributed by atoms with E-state index in [2.05, 4.69) is 33.9 Å². The molecule has 0 bridgehead atoms. The Morgan fingerprint density at radius 3 is 2.35 bits per heavy atom. The van der Waals surface area contributed by atoms with E-state index in [1.54, 1.807) is 0 Å². The third-order valence-corrected chi connectivity index (χ3v) is 9.41. The van der Waals surface area contributed by atoms with Crippen molar-refractivity contribution in [2.45, 2.75) is 82.6 Å². The van der Waals surface area contributed by atoms with Gasteiger partial charge < -0.3 is 14.3 Å². The third-order valence-electron chi connectivity index (χ3n) is 4.87. The molecule has 1 unspecified atom stereocenters. The largest absolute Gasteiger partial charge is 0.414 e. The van der Waals surface area contributed by atoms with E-state index in [9.17, 15) is 5.11 Å². The first-order valence-electron chi connectivity index (χ1n) is 6.60. The van der Waals surface area contributed by atoms with Gasteiger partial charge in [-0.1, -0.05) is 20.8 Å². The highest BCUT2D eigenvalue weighted by Crippen LogP contribution is 2.49. The lowest BCUT2D eigenvalue weighted by Gasteiger charge is -2.41. The third kappa shape index (κ3) is 2.32. The average Bonchev–Trinajstić information content (AvgIpc) is 2.75. The smallest absolute Gasteiger partial charge is 0.192 e. The lowest BCUT2D eigenvalue weighted by atomic mass is 9.86. The van der Waals surface area contributed by atoms with Crippen LogP contribution in [-0.2, 0) is 9.16 Å². The van der Waals surface area contributed by atoms with Crippen LogP contribution in [0.25, 0.3) is 0 Å². The molecular weight excluding hydrogens is 232 g/mol. The molecule has 2 aliphatic rings. The Bertz CT molecular complexity index is 310. The number of epoxide rings is 1. The highest BCUT2D eigenvalue weighted by molar-refractivity contribution is 6.74. The van der Waals surface area contributed by atoms with Gasteiger partial charge in [0.2, 0.25) is 0 Å². The molecule has 0 aromatic heterocycles. The van der Waals surface area contributed by atoms with Gasteiger partial charge >= 0.3 is 0 Å². The first kappa shape index (κ1) is 13.5. The normalized spacial score (nSPS) is 42.2. The van der Waals surface area contributed by atoms with Gasteiger partial charge in [-0.05, 0) is 25.1 Å². The van der Waals surface area contributed by atoms with Crippen LogP contribution in [0.1, 0.15) is 40.5 Å². The second kappa shape index (κ2) is 3.79. The summed E-state index contributed by atoms with van der Waals surface area (Å²) in [5, 5.41) is 10.3. The molecule has 0 amide bonds. The molecule has 0 aromatic rings. The van der Waals surface area contributed by atoms with Gasteiger partial charge in [-0.15, -0.1) is 0 Å². The molecule has 17 heavy (non-hydrogen) atoms. The molecule has 1 aliphatic carbocycles. The van der Waals surface area contributed by atoms with E-state index in [4.69, 9.17) is 9.16 Å². The van der Waals surface area contributed by atoms with Gasteiger partial charge in [0.15, 0.2) is 8.32 Å². The summed E-state index contributed by atoms with van der Waals surface area (Å²) in [6, 6.07) is 0. The summed E-state index contributed by atoms with van der Waals surface area (Å²) >= 11 is 0. The summed E-state index contributed by atoms with van der Waals surface area (Å²) in [7, 11) is -1.72. The molecule has 4 atom stereocenters. The zero-order valence-corrected chi connectivity index (χ0v) is 12.9. The summed E-state index contributed by atoms with van der Waals surface area (Å²) in [6.07, 6.45) is 1.68. The number of hydrogen-bond donors (Lipinski definition) is 1. The van der Waals surface area contributed by atoms with Crippen LogP contribution in [0, 0.1) is 0 Å². The van der Waals surface area contributed by atoms with Crippen molar-refractivity contribution < 1.29 is 14.3 Å². The monoisotopic (exact) mass is 258 g/mol. The minimum Gasteiger partial charge on any atom is -0.414 e. The van der Waals surface area contributed by atoms with E-state index < -0.39 is 8.32 Å². The van der Waals surface area contributed by atoms with Crippen molar-refractivity contribution in [2.24, 2.45) is 0 Å². The minimum absolute atomic E-state index is 0.173. The zero-order valence-electron chi connectivity index (χ0n) is 11.9. The van der Waals surface area contributed by atoms with Crippen molar-refractivity contribution in [2.75, 3.05) is 0 Å². The fourth-order valence-corrected chi connectivity index (χ4v) is 3.73. The van der Waals surface area contributed by atoms with E-state index in [1.807, 2.05) is 6.92 Å². The molecular formula is C13H26O3Si. The summed E-state index contributed by atoms with van der Waals surface area (Å²) in [5.74, 6) is 0. The molecule has 100 valence electrons. The molecule has 2 rings (SSSR count). The van der Waals surface area contributed by atoms with Crippen LogP contribution in [0.5, 0.6) is 0 Å². The summed E-state index contributed by atoms with van der Waals surface area (Å²) in [4.78, 5) is 0. The predicted octanol–water partition coefficient (Wildman–Crippen LogP) is 2.69. The molecule has 0 aromatic carbocycles. The summed E-state index contributed by atoms with van der Waals surface area (Å²) < 4.78 is 11.9. The van der Waals surface area contributed by atoms with E-state index in [1.165, 1.54) is 0 Å². The van der Waals surface area contributed by atoms with Crippen LogP contribution >= 0.6 is 0 Å². The number of aliphatic hydroxyl groups is 1. The van der Waals surface area contributed by atoms with Crippen molar-refractivity contribution in [1.29, 1.82) is 0 Å². The molecule has 1 saturated carbocycles. The summed E-state index contributed by atoms with van der Waals surface area (Å²) in [5.41, 5.74) is -0.271. The van der Waals surface area contributed by atoms with Gasteiger partial charge in [-0.25, -0.2) is 0 Å². The Morgan fingerprint density at radius 1 is 1.29 bits per heavy atom. The van der Waals surface area contributed by atoms with Crippen LogP contribution in [0.4, 0.5) is 0 Å². The molecule has 0 radical (unpaired) electrons. The first-order chi connectivity index (χ1) is 7.56. The number of hydrogen-bond acceptors (Lipinski definition) is 3. The van der Waals surface area contributed by atoms with Crippen LogP contribution in [0.3, 0.4) is 0 Å². The maximum absolute atomic E-state index is 10.1. The van der Waals surface area contributed by atoms with Gasteiger partial charge in [-0.3, -0.25) is 0 Å². The molecule has 4 heteroatoms. The summed E-state index contributed by atoms with van der Waals surface area (Å²) in [6.45, 7) is 13.3. The van der Waals surface area contributed by atoms with E-state index in [0.717, 1.165) is 12.8 Å². The van der Waals surface area contributed by atoms with Crippen LogP contribution in [-0.4, -0.2) is 37.3 Å². The molecule has 1 saturated heterocycles. The zero-order chi connectivity index (χ0) is 13.1. The van der Waals surface area contributed by atoms with Crippen LogP contribution < -0.4 is 0 Å². The molecule has 1 heterocycles. The van der Waals surface area contributed by atoms with Crippen molar-refractivity contribution in [1.82, 2.24) is 0 Å². The lowest BCUT2D eigenvalue weighted by Crippen LogP contribution is -2.48. The Labute approximate surface area is 106 Å². The fourth-order valence-electron chi connectivity index (χ4n) is 2.36. The highest BCUT2D eigenvalue weighted by Gasteiger charge is 2.61. The number of ether oxygens (including phenoxy) is 1. The predicted molar refractivity (Wildman–Crippen MR) is 70.6 cm³/mol. The van der Waals surface area contributed by atoms with Gasteiger partial charge in [0, 0.05) is 12.8 Å². The Balaban J connectivity index is 1.98. The number of aliphatic hydroxyl groups excluding tert-OH is 1. The van der Waals surface area contributed by atoms with Gasteiger partial charge in [0.25, 0.3) is 0 Å². The molecule has 1 N–H and O–H groups in total. The molecule has 1 aliphatic heterocycles. The van der Waals surface area contributed by atoms with Crippen molar-refractivity contribution in [3.05, 3.63) is 0 Å². The SMILES string of the molecule is CC(C)(C)[Si](C)(C)O[C@@H]1CC(O)[C@@]2(C)O[C@H]2C1. The molecule has 0 spiro atoms. The van der Waals surface area contributed by atoms with E-state index in [0.29, 0.717) is 0 Å². The van der Waals surface area contributed by atoms with Crippen molar-refractivity contribution in [3.8, 4) is 0 Å². The Morgan fingerprint density at radius 2 is 1.88 bits per heavy atom. The van der Waals surface area contributed by atoms with Crippen molar-refractivity contribution in [3.63, 3.8) is 0 Å². The van der Waals surface area contributed by atoms with E-state index >= 15 is 0 Å². The second-order valence-corrected chi connectivity index (χ2v) is 12.0. The van der Waals surface area contributed by atoms with Crippen LogP contribution in [0.15, 0.2) is 0 Å². The Kier molecular flexibility index (Phi) is 3.02.